The number of aromatic nitrogens is 1. The van der Waals surface area contributed by atoms with Crippen LogP contribution in [0.2, 0.25) is 0 Å². The average molecular weight is 203 g/mol. The van der Waals surface area contributed by atoms with Gasteiger partial charge in [-0.05, 0) is 6.07 Å². The quantitative estimate of drug-likeness (QED) is 0.647. The molecule has 1 heterocycles. The molecular weight excluding hydrogens is 196 g/mol. The molecule has 1 amide bonds. The molecule has 1 aromatic heterocycles. The molecule has 5 N–H and O–H groups in total. The smallest absolute Gasteiger partial charge is 0.271 e. The maximum Gasteiger partial charge on any atom is 0.271 e. The molecule has 0 unspecified atom stereocenters. The molecule has 0 atom stereocenters. The number of carbonyl (C=O) groups excluding carboxylic acids is 1. The van der Waals surface area contributed by atoms with Crippen LogP contribution in [-0.4, -0.2) is 16.0 Å². The van der Waals surface area contributed by atoms with Crippen LogP contribution in [0.5, 0.6) is 5.75 Å². The normalized spacial score (nSPS) is 10.5. The van der Waals surface area contributed by atoms with Crippen molar-refractivity contribution in [3.05, 3.63) is 17.3 Å². The number of carbonyl (C=O) groups is 1. The van der Waals surface area contributed by atoms with E-state index in [-0.39, 0.29) is 5.82 Å². The number of nitrogens with two attached hydrogens (primary N) is 2. The van der Waals surface area contributed by atoms with Gasteiger partial charge < -0.3 is 16.6 Å². The van der Waals surface area contributed by atoms with E-state index in [1.807, 2.05) is 0 Å². The second-order valence-electron chi connectivity index (χ2n) is 2.50. The minimum atomic E-state index is -2.95. The van der Waals surface area contributed by atoms with Crippen LogP contribution in [0.1, 0.15) is 22.5 Å². The second kappa shape index (κ2) is 3.44. The van der Waals surface area contributed by atoms with Gasteiger partial charge in [0, 0.05) is 0 Å². The largest absolute Gasteiger partial charge is 0.505 e. The van der Waals surface area contributed by atoms with Gasteiger partial charge in [-0.15, -0.1) is 0 Å². The zero-order valence-electron chi connectivity index (χ0n) is 6.87. The van der Waals surface area contributed by atoms with Crippen molar-refractivity contribution in [2.24, 2.45) is 5.73 Å². The molecule has 14 heavy (non-hydrogen) atoms. The average Bonchev–Trinajstić information content (AvgIpc) is 2.07. The number of halogens is 2. The topological polar surface area (TPSA) is 102 Å². The Morgan fingerprint density at radius 3 is 2.57 bits per heavy atom. The van der Waals surface area contributed by atoms with Crippen molar-refractivity contribution in [3.8, 4) is 5.75 Å². The summed E-state index contributed by atoms with van der Waals surface area (Å²) in [4.78, 5) is 14.0. The number of pyridine rings is 1. The summed E-state index contributed by atoms with van der Waals surface area (Å²) in [6.07, 6.45) is -2.95. The van der Waals surface area contributed by atoms with Crippen molar-refractivity contribution < 1.29 is 18.7 Å². The molecule has 1 rings (SSSR count). The highest BCUT2D eigenvalue weighted by Crippen LogP contribution is 2.31. The van der Waals surface area contributed by atoms with Crippen molar-refractivity contribution in [2.75, 3.05) is 5.73 Å². The van der Waals surface area contributed by atoms with Gasteiger partial charge >= 0.3 is 0 Å². The van der Waals surface area contributed by atoms with Crippen LogP contribution in [0.25, 0.3) is 0 Å². The van der Waals surface area contributed by atoms with E-state index < -0.39 is 29.3 Å². The van der Waals surface area contributed by atoms with Crippen LogP contribution in [-0.2, 0) is 0 Å². The van der Waals surface area contributed by atoms with E-state index in [1.54, 1.807) is 0 Å². The molecule has 76 valence electrons. The third kappa shape index (κ3) is 1.70. The summed E-state index contributed by atoms with van der Waals surface area (Å²) in [5, 5.41) is 9.16. The van der Waals surface area contributed by atoms with Gasteiger partial charge in [0.05, 0.1) is 5.56 Å². The van der Waals surface area contributed by atoms with Gasteiger partial charge in [-0.3, -0.25) is 4.79 Å². The Hall–Kier alpha value is -1.92. The van der Waals surface area contributed by atoms with Crippen molar-refractivity contribution in [1.29, 1.82) is 0 Å². The lowest BCUT2D eigenvalue weighted by atomic mass is 10.2. The molecular formula is C7H7F2N3O2. The molecule has 7 heteroatoms. The number of anilines is 1. The van der Waals surface area contributed by atoms with Crippen molar-refractivity contribution in [2.45, 2.75) is 6.43 Å². The molecule has 0 aromatic carbocycles. The molecule has 0 radical (unpaired) electrons. The summed E-state index contributed by atoms with van der Waals surface area (Å²) in [5.74, 6) is -2.34. The highest BCUT2D eigenvalue weighted by atomic mass is 19.3. The molecule has 0 aliphatic heterocycles. The van der Waals surface area contributed by atoms with Crippen LogP contribution < -0.4 is 11.5 Å². The van der Waals surface area contributed by atoms with Gasteiger partial charge in [0.2, 0.25) is 0 Å². The number of hydrogen-bond donors (Lipinski definition) is 3. The van der Waals surface area contributed by atoms with Crippen LogP contribution >= 0.6 is 0 Å². The van der Waals surface area contributed by atoms with E-state index in [0.717, 1.165) is 6.07 Å². The van der Waals surface area contributed by atoms with Crippen molar-refractivity contribution >= 4 is 11.7 Å². The first-order chi connectivity index (χ1) is 6.43. The van der Waals surface area contributed by atoms with Gasteiger partial charge in [-0.25, -0.2) is 13.8 Å². The SMILES string of the molecule is NC(=O)c1nc(N)cc(C(F)F)c1O. The summed E-state index contributed by atoms with van der Waals surface area (Å²) in [6, 6.07) is 0.784. The minimum Gasteiger partial charge on any atom is -0.505 e. The lowest BCUT2D eigenvalue weighted by molar-refractivity contribution is 0.0991. The fraction of sp³-hybridized carbons (Fsp3) is 0.143. The molecule has 0 saturated carbocycles. The molecule has 1 aromatic rings. The first kappa shape index (κ1) is 10.2. The summed E-state index contributed by atoms with van der Waals surface area (Å²) in [7, 11) is 0. The van der Waals surface area contributed by atoms with E-state index in [2.05, 4.69) is 4.98 Å². The van der Waals surface area contributed by atoms with Crippen LogP contribution in [0, 0.1) is 0 Å². The van der Waals surface area contributed by atoms with E-state index in [9.17, 15) is 13.6 Å². The Morgan fingerprint density at radius 1 is 1.57 bits per heavy atom. The number of rotatable bonds is 2. The third-order valence-electron chi connectivity index (χ3n) is 1.51. The van der Waals surface area contributed by atoms with Crippen LogP contribution in [0.3, 0.4) is 0 Å². The zero-order chi connectivity index (χ0) is 10.9. The molecule has 0 saturated heterocycles. The standard InChI is InChI=1S/C7H7F2N3O2/c8-6(9)2-1-3(10)12-4(5(2)13)7(11)14/h1,6,13H,(H2,10,12)(H2,11,14). The number of amides is 1. The number of nitrogen functional groups attached to an aromatic ring is 1. The van der Waals surface area contributed by atoms with Crippen LogP contribution in [0.4, 0.5) is 14.6 Å². The number of alkyl halides is 2. The molecule has 5 nitrogen and oxygen atoms in total. The molecule has 0 bridgehead atoms. The predicted molar refractivity (Wildman–Crippen MR) is 43.8 cm³/mol. The van der Waals surface area contributed by atoms with Crippen molar-refractivity contribution in [3.63, 3.8) is 0 Å². The Kier molecular flexibility index (Phi) is 2.50. The first-order valence-corrected chi connectivity index (χ1v) is 3.50. The fourth-order valence-electron chi connectivity index (χ4n) is 0.917. The maximum absolute atomic E-state index is 12.3. The third-order valence-corrected chi connectivity index (χ3v) is 1.51. The molecule has 0 spiro atoms. The van der Waals surface area contributed by atoms with Gasteiger partial charge in [-0.2, -0.15) is 0 Å². The Labute approximate surface area is 77.3 Å². The van der Waals surface area contributed by atoms with Gasteiger partial charge in [-0.1, -0.05) is 0 Å². The summed E-state index contributed by atoms with van der Waals surface area (Å²) in [5.41, 5.74) is 8.52. The zero-order valence-corrected chi connectivity index (χ0v) is 6.87. The Morgan fingerprint density at radius 2 is 2.14 bits per heavy atom. The lowest BCUT2D eigenvalue weighted by Crippen LogP contribution is -2.15. The number of hydrogen-bond acceptors (Lipinski definition) is 4. The molecule has 0 aliphatic rings. The van der Waals surface area contributed by atoms with Crippen molar-refractivity contribution in [1.82, 2.24) is 4.98 Å². The van der Waals surface area contributed by atoms with E-state index in [1.165, 1.54) is 0 Å². The maximum atomic E-state index is 12.3. The molecule has 0 fully saturated rings. The Bertz CT molecular complexity index is 381. The lowest BCUT2D eigenvalue weighted by Gasteiger charge is -2.07. The van der Waals surface area contributed by atoms with Gasteiger partial charge in [0.1, 0.15) is 5.82 Å². The summed E-state index contributed by atoms with van der Waals surface area (Å²) in [6.45, 7) is 0. The predicted octanol–water partition coefficient (Wildman–Crippen LogP) is 0.406. The minimum absolute atomic E-state index is 0.299. The highest BCUT2D eigenvalue weighted by molar-refractivity contribution is 5.94. The first-order valence-electron chi connectivity index (χ1n) is 3.50. The van der Waals surface area contributed by atoms with Crippen LogP contribution in [0.15, 0.2) is 6.07 Å². The number of aromatic hydroxyl groups is 1. The monoisotopic (exact) mass is 203 g/mol. The van der Waals surface area contributed by atoms with E-state index in [0.29, 0.717) is 0 Å². The van der Waals surface area contributed by atoms with E-state index >= 15 is 0 Å². The van der Waals surface area contributed by atoms with E-state index in [4.69, 9.17) is 16.6 Å². The second-order valence-corrected chi connectivity index (χ2v) is 2.50. The fourth-order valence-corrected chi connectivity index (χ4v) is 0.917. The molecule has 0 aliphatic carbocycles. The van der Waals surface area contributed by atoms with Gasteiger partial charge in [0.25, 0.3) is 12.3 Å². The summed E-state index contributed by atoms with van der Waals surface area (Å²) < 4.78 is 24.5. The number of primary amides is 1. The highest BCUT2D eigenvalue weighted by Gasteiger charge is 2.20. The summed E-state index contributed by atoms with van der Waals surface area (Å²) >= 11 is 0. The van der Waals surface area contributed by atoms with Gasteiger partial charge in [0.15, 0.2) is 11.4 Å². The number of nitrogens with zero attached hydrogens (tertiary/aromatic N) is 1. The Balaban J connectivity index is 3.40.